The molecule has 0 heterocycles. The van der Waals surface area contributed by atoms with Gasteiger partial charge in [0.05, 0.1) is 0 Å². The van der Waals surface area contributed by atoms with Crippen LogP contribution in [-0.4, -0.2) is 5.78 Å². The summed E-state index contributed by atoms with van der Waals surface area (Å²) in [5.41, 5.74) is 3.60. The maximum Gasteiger partial charge on any atom is 0.156 e. The molecule has 0 fully saturated rings. The standard InChI is InChI=1S/C14H16O/c1-10-5-4-6-12(7-10)14(3)9-13(15)8-11(14)2/h4-8H,9H2,1-3H3. The first-order valence-electron chi connectivity index (χ1n) is 5.31. The number of rotatable bonds is 1. The molecule has 0 saturated heterocycles. The highest BCUT2D eigenvalue weighted by Gasteiger charge is 2.35. The van der Waals surface area contributed by atoms with Crippen LogP contribution in [0.2, 0.25) is 0 Å². The first-order chi connectivity index (χ1) is 7.02. The second kappa shape index (κ2) is 3.34. The van der Waals surface area contributed by atoms with Crippen LogP contribution >= 0.6 is 0 Å². The van der Waals surface area contributed by atoms with Crippen molar-refractivity contribution in [3.8, 4) is 0 Å². The molecule has 1 heteroatoms. The van der Waals surface area contributed by atoms with Crippen molar-refractivity contribution < 1.29 is 4.79 Å². The predicted molar refractivity (Wildman–Crippen MR) is 61.9 cm³/mol. The van der Waals surface area contributed by atoms with Gasteiger partial charge in [-0.1, -0.05) is 42.3 Å². The topological polar surface area (TPSA) is 17.1 Å². The van der Waals surface area contributed by atoms with Crippen molar-refractivity contribution in [3.63, 3.8) is 0 Å². The Morgan fingerprint density at radius 3 is 2.53 bits per heavy atom. The molecule has 78 valence electrons. The summed E-state index contributed by atoms with van der Waals surface area (Å²) in [5, 5.41) is 0. The zero-order chi connectivity index (χ0) is 11.1. The molecule has 1 aliphatic carbocycles. The van der Waals surface area contributed by atoms with Gasteiger partial charge >= 0.3 is 0 Å². The lowest BCUT2D eigenvalue weighted by Gasteiger charge is -2.26. The number of aryl methyl sites for hydroxylation is 1. The minimum atomic E-state index is -0.0803. The second-order valence-electron chi connectivity index (χ2n) is 4.67. The van der Waals surface area contributed by atoms with E-state index in [2.05, 4.69) is 38.1 Å². The van der Waals surface area contributed by atoms with Crippen molar-refractivity contribution >= 4 is 5.78 Å². The first-order valence-corrected chi connectivity index (χ1v) is 5.31. The van der Waals surface area contributed by atoms with E-state index >= 15 is 0 Å². The average molecular weight is 200 g/mol. The minimum Gasteiger partial charge on any atom is -0.295 e. The lowest BCUT2D eigenvalue weighted by Crippen LogP contribution is -2.21. The molecule has 1 aliphatic rings. The van der Waals surface area contributed by atoms with Crippen molar-refractivity contribution in [2.75, 3.05) is 0 Å². The van der Waals surface area contributed by atoms with Crippen LogP contribution in [0.15, 0.2) is 35.9 Å². The van der Waals surface area contributed by atoms with Crippen LogP contribution in [0.5, 0.6) is 0 Å². The van der Waals surface area contributed by atoms with E-state index in [-0.39, 0.29) is 11.2 Å². The van der Waals surface area contributed by atoms with Gasteiger partial charge in [-0.3, -0.25) is 4.79 Å². The number of carbonyl (C=O) groups excluding carboxylic acids is 1. The predicted octanol–water partition coefficient (Wildman–Crippen LogP) is 3.17. The van der Waals surface area contributed by atoms with Crippen molar-refractivity contribution in [1.29, 1.82) is 0 Å². The summed E-state index contributed by atoms with van der Waals surface area (Å²) in [6, 6.07) is 8.44. The van der Waals surface area contributed by atoms with Crippen LogP contribution in [0.4, 0.5) is 0 Å². The van der Waals surface area contributed by atoms with Gasteiger partial charge in [-0.2, -0.15) is 0 Å². The SMILES string of the molecule is CC1=CC(=O)CC1(C)c1cccc(C)c1. The zero-order valence-corrected chi connectivity index (χ0v) is 9.50. The van der Waals surface area contributed by atoms with Crippen molar-refractivity contribution in [2.24, 2.45) is 0 Å². The largest absolute Gasteiger partial charge is 0.295 e. The summed E-state index contributed by atoms with van der Waals surface area (Å²) in [6.45, 7) is 6.29. The lowest BCUT2D eigenvalue weighted by atomic mass is 9.77. The lowest BCUT2D eigenvalue weighted by molar-refractivity contribution is -0.114. The van der Waals surface area contributed by atoms with E-state index in [0.717, 1.165) is 0 Å². The van der Waals surface area contributed by atoms with Gasteiger partial charge in [0.2, 0.25) is 0 Å². The fourth-order valence-corrected chi connectivity index (χ4v) is 2.26. The van der Waals surface area contributed by atoms with Gasteiger partial charge in [-0.05, 0) is 25.5 Å². The summed E-state index contributed by atoms with van der Waals surface area (Å²) in [6.07, 6.45) is 2.39. The van der Waals surface area contributed by atoms with Crippen LogP contribution in [0.3, 0.4) is 0 Å². The molecule has 0 bridgehead atoms. The fourth-order valence-electron chi connectivity index (χ4n) is 2.26. The summed E-state index contributed by atoms with van der Waals surface area (Å²) in [4.78, 5) is 11.5. The molecule has 1 aromatic rings. The van der Waals surface area contributed by atoms with E-state index in [1.54, 1.807) is 6.08 Å². The number of hydrogen-bond donors (Lipinski definition) is 0. The highest BCUT2D eigenvalue weighted by molar-refractivity contribution is 5.95. The zero-order valence-electron chi connectivity index (χ0n) is 9.50. The molecule has 0 amide bonds. The molecule has 1 aromatic carbocycles. The average Bonchev–Trinajstić information content (AvgIpc) is 2.42. The molecule has 0 radical (unpaired) electrons. The van der Waals surface area contributed by atoms with Crippen LogP contribution in [0, 0.1) is 6.92 Å². The summed E-state index contributed by atoms with van der Waals surface area (Å²) < 4.78 is 0. The number of benzene rings is 1. The molecule has 1 nitrogen and oxygen atoms in total. The van der Waals surface area contributed by atoms with Crippen LogP contribution in [0.25, 0.3) is 0 Å². The molecular formula is C14H16O. The van der Waals surface area contributed by atoms with Crippen LogP contribution < -0.4 is 0 Å². The molecule has 0 N–H and O–H groups in total. The van der Waals surface area contributed by atoms with E-state index in [9.17, 15) is 4.79 Å². The molecule has 0 spiro atoms. The van der Waals surface area contributed by atoms with E-state index in [1.165, 1.54) is 16.7 Å². The first kappa shape index (κ1) is 10.2. The van der Waals surface area contributed by atoms with Gasteiger partial charge in [-0.15, -0.1) is 0 Å². The van der Waals surface area contributed by atoms with Gasteiger partial charge in [0.25, 0.3) is 0 Å². The Balaban J connectivity index is 2.47. The van der Waals surface area contributed by atoms with Crippen LogP contribution in [0.1, 0.15) is 31.4 Å². The monoisotopic (exact) mass is 200 g/mol. The van der Waals surface area contributed by atoms with E-state index in [4.69, 9.17) is 0 Å². The maximum atomic E-state index is 11.5. The van der Waals surface area contributed by atoms with Crippen molar-refractivity contribution in [2.45, 2.75) is 32.6 Å². The van der Waals surface area contributed by atoms with E-state index in [1.807, 2.05) is 6.92 Å². The highest BCUT2D eigenvalue weighted by Crippen LogP contribution is 2.39. The smallest absolute Gasteiger partial charge is 0.156 e. The number of ketones is 1. The Hall–Kier alpha value is -1.37. The summed E-state index contributed by atoms with van der Waals surface area (Å²) >= 11 is 0. The number of carbonyl (C=O) groups is 1. The van der Waals surface area contributed by atoms with Gasteiger partial charge in [0.15, 0.2) is 5.78 Å². The van der Waals surface area contributed by atoms with Gasteiger partial charge in [0.1, 0.15) is 0 Å². The van der Waals surface area contributed by atoms with Crippen LogP contribution in [-0.2, 0) is 10.2 Å². The molecular weight excluding hydrogens is 184 g/mol. The van der Waals surface area contributed by atoms with Gasteiger partial charge in [0, 0.05) is 11.8 Å². The third-order valence-electron chi connectivity index (χ3n) is 3.43. The Morgan fingerprint density at radius 1 is 1.27 bits per heavy atom. The maximum absolute atomic E-state index is 11.5. The molecule has 0 aromatic heterocycles. The number of allylic oxidation sites excluding steroid dienone is 2. The fraction of sp³-hybridized carbons (Fsp3) is 0.357. The van der Waals surface area contributed by atoms with Crippen molar-refractivity contribution in [1.82, 2.24) is 0 Å². The summed E-state index contributed by atoms with van der Waals surface area (Å²) in [7, 11) is 0. The summed E-state index contributed by atoms with van der Waals surface area (Å²) in [5.74, 6) is 0.247. The normalized spacial score (nSPS) is 25.5. The Bertz CT molecular complexity index is 442. The molecule has 2 rings (SSSR count). The Kier molecular flexibility index (Phi) is 2.26. The van der Waals surface area contributed by atoms with E-state index in [0.29, 0.717) is 6.42 Å². The highest BCUT2D eigenvalue weighted by atomic mass is 16.1. The Morgan fingerprint density at radius 2 is 2.00 bits per heavy atom. The van der Waals surface area contributed by atoms with Gasteiger partial charge in [-0.25, -0.2) is 0 Å². The molecule has 1 atom stereocenters. The number of hydrogen-bond acceptors (Lipinski definition) is 1. The Labute approximate surface area is 90.8 Å². The second-order valence-corrected chi connectivity index (χ2v) is 4.67. The molecule has 15 heavy (non-hydrogen) atoms. The van der Waals surface area contributed by atoms with E-state index < -0.39 is 0 Å². The quantitative estimate of drug-likeness (QED) is 0.680. The van der Waals surface area contributed by atoms with Crippen molar-refractivity contribution in [3.05, 3.63) is 47.0 Å². The molecule has 0 saturated carbocycles. The van der Waals surface area contributed by atoms with Gasteiger partial charge < -0.3 is 0 Å². The third kappa shape index (κ3) is 1.63. The third-order valence-corrected chi connectivity index (χ3v) is 3.43. The molecule has 1 unspecified atom stereocenters. The molecule has 0 aliphatic heterocycles. The minimum absolute atomic E-state index is 0.0803.